The monoisotopic (exact) mass is 306 g/mol. The standard InChI is InChI=1S/C24H18/c1-18-22(19-11-5-2-6-12-19)17-23(20-13-7-3-8-14-20)24(18)21-15-9-4-10-16-21/h2-17H,1H2. The van der Waals surface area contributed by atoms with Crippen LogP contribution in [0.2, 0.25) is 0 Å². The van der Waals surface area contributed by atoms with Crippen LogP contribution < -0.4 is 0 Å². The number of hydrogen-bond donors (Lipinski definition) is 0. The highest BCUT2D eigenvalue weighted by Crippen LogP contribution is 2.45. The van der Waals surface area contributed by atoms with E-state index in [0.29, 0.717) is 0 Å². The van der Waals surface area contributed by atoms with E-state index in [-0.39, 0.29) is 0 Å². The van der Waals surface area contributed by atoms with Gasteiger partial charge < -0.3 is 0 Å². The van der Waals surface area contributed by atoms with E-state index in [0.717, 1.165) is 5.57 Å². The summed E-state index contributed by atoms with van der Waals surface area (Å²) < 4.78 is 0. The van der Waals surface area contributed by atoms with Crippen molar-refractivity contribution in [1.29, 1.82) is 0 Å². The molecule has 24 heavy (non-hydrogen) atoms. The van der Waals surface area contributed by atoms with Gasteiger partial charge in [0.15, 0.2) is 0 Å². The van der Waals surface area contributed by atoms with Crippen molar-refractivity contribution in [3.63, 3.8) is 0 Å². The Bertz CT molecular complexity index is 927. The van der Waals surface area contributed by atoms with Crippen LogP contribution >= 0.6 is 0 Å². The average molecular weight is 306 g/mol. The number of rotatable bonds is 3. The van der Waals surface area contributed by atoms with Gasteiger partial charge in [-0.1, -0.05) is 97.6 Å². The SMILES string of the molecule is C=C1C(c2ccccc2)=CC(c2ccccc2)=C1c1ccccc1. The minimum Gasteiger partial charge on any atom is -0.0905 e. The molecular weight excluding hydrogens is 288 g/mol. The minimum absolute atomic E-state index is 1.09. The Morgan fingerprint density at radius 2 is 0.958 bits per heavy atom. The zero-order valence-electron chi connectivity index (χ0n) is 13.4. The lowest BCUT2D eigenvalue weighted by molar-refractivity contribution is 1.58. The fourth-order valence-corrected chi connectivity index (χ4v) is 3.26. The molecule has 0 spiro atoms. The molecule has 114 valence electrons. The first-order valence-electron chi connectivity index (χ1n) is 8.16. The van der Waals surface area contributed by atoms with Crippen LogP contribution in [0.5, 0.6) is 0 Å². The second-order valence-corrected chi connectivity index (χ2v) is 5.92. The lowest BCUT2D eigenvalue weighted by Crippen LogP contribution is -1.90. The predicted molar refractivity (Wildman–Crippen MR) is 103 cm³/mol. The Hall–Kier alpha value is -3.12. The highest BCUT2D eigenvalue weighted by Gasteiger charge is 2.23. The molecule has 0 unspecified atom stereocenters. The van der Waals surface area contributed by atoms with Gasteiger partial charge in [-0.3, -0.25) is 0 Å². The molecule has 0 saturated heterocycles. The summed E-state index contributed by atoms with van der Waals surface area (Å²) >= 11 is 0. The Labute approximate surface area is 143 Å². The molecular formula is C24H18. The van der Waals surface area contributed by atoms with Crippen LogP contribution in [0.25, 0.3) is 16.7 Å². The van der Waals surface area contributed by atoms with Crippen molar-refractivity contribution < 1.29 is 0 Å². The molecule has 3 aromatic rings. The number of allylic oxidation sites excluding steroid dienone is 5. The zero-order valence-corrected chi connectivity index (χ0v) is 13.4. The zero-order chi connectivity index (χ0) is 16.4. The average Bonchev–Trinajstić information content (AvgIpc) is 3.01. The second-order valence-electron chi connectivity index (χ2n) is 5.92. The molecule has 0 N–H and O–H groups in total. The molecule has 0 atom stereocenters. The van der Waals surface area contributed by atoms with Gasteiger partial charge in [-0.2, -0.15) is 0 Å². The summed E-state index contributed by atoms with van der Waals surface area (Å²) in [5.74, 6) is 0. The summed E-state index contributed by atoms with van der Waals surface area (Å²) in [5, 5.41) is 0. The van der Waals surface area contributed by atoms with E-state index in [1.165, 1.54) is 33.4 Å². The summed E-state index contributed by atoms with van der Waals surface area (Å²) in [6, 6.07) is 31.6. The highest BCUT2D eigenvalue weighted by atomic mass is 14.3. The van der Waals surface area contributed by atoms with Crippen molar-refractivity contribution in [3.05, 3.63) is 126 Å². The van der Waals surface area contributed by atoms with E-state index in [1.54, 1.807) is 0 Å². The maximum Gasteiger partial charge on any atom is -0.00323 e. The first-order valence-corrected chi connectivity index (χ1v) is 8.16. The Balaban J connectivity index is 1.90. The maximum atomic E-state index is 4.42. The summed E-state index contributed by atoms with van der Waals surface area (Å²) in [5.41, 5.74) is 8.40. The van der Waals surface area contributed by atoms with Crippen LogP contribution in [-0.4, -0.2) is 0 Å². The Morgan fingerprint density at radius 1 is 0.500 bits per heavy atom. The van der Waals surface area contributed by atoms with Gasteiger partial charge in [-0.25, -0.2) is 0 Å². The van der Waals surface area contributed by atoms with E-state index in [2.05, 4.69) is 97.6 Å². The molecule has 0 nitrogen and oxygen atoms in total. The van der Waals surface area contributed by atoms with Crippen molar-refractivity contribution in [2.24, 2.45) is 0 Å². The first kappa shape index (κ1) is 14.5. The third kappa shape index (κ3) is 2.53. The molecule has 3 aromatic carbocycles. The lowest BCUT2D eigenvalue weighted by Gasteiger charge is -2.11. The molecule has 0 saturated carbocycles. The van der Waals surface area contributed by atoms with Gasteiger partial charge in [-0.05, 0) is 45.1 Å². The lowest BCUT2D eigenvalue weighted by atomic mass is 9.92. The van der Waals surface area contributed by atoms with Gasteiger partial charge in [0, 0.05) is 0 Å². The Morgan fingerprint density at radius 3 is 1.50 bits per heavy atom. The van der Waals surface area contributed by atoms with Crippen molar-refractivity contribution in [3.8, 4) is 0 Å². The first-order chi connectivity index (χ1) is 11.8. The normalized spacial score (nSPS) is 14.0. The molecule has 0 heterocycles. The topological polar surface area (TPSA) is 0 Å². The van der Waals surface area contributed by atoms with Crippen molar-refractivity contribution in [1.82, 2.24) is 0 Å². The van der Waals surface area contributed by atoms with Crippen LogP contribution in [0.15, 0.2) is 109 Å². The molecule has 0 fully saturated rings. The van der Waals surface area contributed by atoms with Gasteiger partial charge in [0.1, 0.15) is 0 Å². The fraction of sp³-hybridized carbons (Fsp3) is 0. The van der Waals surface area contributed by atoms with Crippen LogP contribution in [0, 0.1) is 0 Å². The predicted octanol–water partition coefficient (Wildman–Crippen LogP) is 6.25. The van der Waals surface area contributed by atoms with Gasteiger partial charge in [0.2, 0.25) is 0 Å². The molecule has 0 bridgehead atoms. The van der Waals surface area contributed by atoms with Crippen LogP contribution in [-0.2, 0) is 0 Å². The van der Waals surface area contributed by atoms with E-state index in [9.17, 15) is 0 Å². The van der Waals surface area contributed by atoms with Crippen LogP contribution in [0.3, 0.4) is 0 Å². The van der Waals surface area contributed by atoms with Crippen molar-refractivity contribution >= 4 is 16.7 Å². The molecule has 0 amide bonds. The number of benzene rings is 3. The van der Waals surface area contributed by atoms with Gasteiger partial charge in [-0.15, -0.1) is 0 Å². The minimum atomic E-state index is 1.09. The molecule has 0 aliphatic heterocycles. The van der Waals surface area contributed by atoms with Crippen LogP contribution in [0.4, 0.5) is 0 Å². The van der Waals surface area contributed by atoms with Gasteiger partial charge in [0.05, 0.1) is 0 Å². The van der Waals surface area contributed by atoms with Crippen molar-refractivity contribution in [2.75, 3.05) is 0 Å². The smallest absolute Gasteiger partial charge is 0.00323 e. The van der Waals surface area contributed by atoms with Gasteiger partial charge in [0.25, 0.3) is 0 Å². The molecule has 0 heteroatoms. The van der Waals surface area contributed by atoms with E-state index in [1.807, 2.05) is 6.07 Å². The number of hydrogen-bond acceptors (Lipinski definition) is 0. The highest BCUT2D eigenvalue weighted by molar-refractivity contribution is 6.17. The third-order valence-electron chi connectivity index (χ3n) is 4.42. The summed E-state index contributed by atoms with van der Waals surface area (Å²) in [4.78, 5) is 0. The van der Waals surface area contributed by atoms with E-state index in [4.69, 9.17) is 0 Å². The molecule has 1 aliphatic carbocycles. The quantitative estimate of drug-likeness (QED) is 0.536. The van der Waals surface area contributed by atoms with E-state index >= 15 is 0 Å². The fourth-order valence-electron chi connectivity index (χ4n) is 3.26. The summed E-state index contributed by atoms with van der Waals surface area (Å²) in [7, 11) is 0. The summed E-state index contributed by atoms with van der Waals surface area (Å²) in [6.45, 7) is 4.42. The van der Waals surface area contributed by atoms with Crippen LogP contribution in [0.1, 0.15) is 16.7 Å². The molecule has 4 rings (SSSR count). The largest absolute Gasteiger partial charge is 0.0905 e. The van der Waals surface area contributed by atoms with E-state index < -0.39 is 0 Å². The molecule has 0 radical (unpaired) electrons. The second kappa shape index (κ2) is 6.17. The molecule has 0 aromatic heterocycles. The van der Waals surface area contributed by atoms with Gasteiger partial charge >= 0.3 is 0 Å². The maximum absolute atomic E-state index is 4.42. The third-order valence-corrected chi connectivity index (χ3v) is 4.42. The Kier molecular flexibility index (Phi) is 3.72. The van der Waals surface area contributed by atoms with Crippen molar-refractivity contribution in [2.45, 2.75) is 0 Å². The summed E-state index contributed by atoms with van der Waals surface area (Å²) in [6.07, 6.45) is 2.27. The molecule has 1 aliphatic rings.